The third kappa shape index (κ3) is 6.21. The Hall–Kier alpha value is -2.96. The molecule has 7 atom stereocenters. The molecule has 6 rings (SSSR count). The third-order valence-electron chi connectivity index (χ3n) is 12.8. The number of ether oxygens (including phenoxy) is 1. The summed E-state index contributed by atoms with van der Waals surface area (Å²) in [5.41, 5.74) is 1.42. The van der Waals surface area contributed by atoms with Crippen molar-refractivity contribution < 1.29 is 14.0 Å². The number of hydrogen-bond donors (Lipinski definition) is 0. The van der Waals surface area contributed by atoms with Crippen molar-refractivity contribution in [2.75, 3.05) is 0 Å². The summed E-state index contributed by atoms with van der Waals surface area (Å²) >= 11 is 0. The average molecular weight is 653 g/mol. The standard InChI is InChI=1S/C41H56N2O3Si/c1-30-19-20-36-38(45-31(2)44)37(22-25-40(30,36)6)41(7)24-21-33(29-32(41)23-28-43-27-14-26-42-43)46-47(39(3,4)5,34-15-10-8-11-16-34)35-17-12-9-13-18-35/h8-18,26-27,32-33,36-38H,1,19-25,28-29H2,2-7H3/t32-,33-,36+,37+,38-,40+,41-/m0/s1. The third-order valence-corrected chi connectivity index (χ3v) is 17.9. The molecule has 3 aromatic rings. The van der Waals surface area contributed by atoms with E-state index in [2.05, 4.69) is 118 Å². The molecule has 0 N–H and O–H groups in total. The Labute approximate surface area is 284 Å². The van der Waals surface area contributed by atoms with Crippen molar-refractivity contribution >= 4 is 24.7 Å². The summed E-state index contributed by atoms with van der Waals surface area (Å²) in [5.74, 6) is 0.905. The van der Waals surface area contributed by atoms with E-state index >= 15 is 0 Å². The highest BCUT2D eigenvalue weighted by Gasteiger charge is 2.59. The number of aryl methyl sites for hydroxylation is 1. The van der Waals surface area contributed by atoms with Crippen LogP contribution in [0.25, 0.3) is 0 Å². The Kier molecular flexibility index (Phi) is 9.49. The molecule has 1 aromatic heterocycles. The van der Waals surface area contributed by atoms with E-state index in [4.69, 9.17) is 9.16 Å². The first kappa shape index (κ1) is 33.9. The molecule has 47 heavy (non-hydrogen) atoms. The van der Waals surface area contributed by atoms with Crippen LogP contribution >= 0.6 is 0 Å². The van der Waals surface area contributed by atoms with Crippen molar-refractivity contribution in [1.82, 2.24) is 9.78 Å². The van der Waals surface area contributed by atoms with E-state index in [1.807, 2.05) is 12.3 Å². The van der Waals surface area contributed by atoms with Crippen LogP contribution in [-0.4, -0.2) is 36.3 Å². The predicted molar refractivity (Wildman–Crippen MR) is 193 cm³/mol. The van der Waals surface area contributed by atoms with Crippen molar-refractivity contribution in [2.24, 2.45) is 28.6 Å². The van der Waals surface area contributed by atoms with E-state index in [1.165, 1.54) is 15.9 Å². The van der Waals surface area contributed by atoms with Crippen LogP contribution in [0.4, 0.5) is 0 Å². The maximum atomic E-state index is 12.7. The van der Waals surface area contributed by atoms with Gasteiger partial charge >= 0.3 is 5.97 Å². The number of benzene rings is 2. The highest BCUT2D eigenvalue weighted by Crippen LogP contribution is 2.62. The summed E-state index contributed by atoms with van der Waals surface area (Å²) < 4.78 is 16.2. The van der Waals surface area contributed by atoms with E-state index in [0.717, 1.165) is 57.9 Å². The molecular weight excluding hydrogens is 597 g/mol. The number of allylic oxidation sites excluding steroid dienone is 1. The lowest BCUT2D eigenvalue weighted by molar-refractivity contribution is -0.173. The molecule has 5 nitrogen and oxygen atoms in total. The second kappa shape index (κ2) is 13.2. The smallest absolute Gasteiger partial charge is 0.302 e. The van der Waals surface area contributed by atoms with Gasteiger partial charge in [-0.1, -0.05) is 107 Å². The molecule has 1 heterocycles. The van der Waals surface area contributed by atoms with Gasteiger partial charge in [0.05, 0.1) is 0 Å². The summed E-state index contributed by atoms with van der Waals surface area (Å²) in [6, 6.07) is 24.1. The van der Waals surface area contributed by atoms with Gasteiger partial charge in [0.2, 0.25) is 0 Å². The first-order valence-corrected chi connectivity index (χ1v) is 19.9. The lowest BCUT2D eigenvalue weighted by atomic mass is 9.51. The zero-order valence-electron chi connectivity index (χ0n) is 29.6. The Morgan fingerprint density at radius 3 is 2.19 bits per heavy atom. The Morgan fingerprint density at radius 1 is 0.957 bits per heavy atom. The molecule has 0 aliphatic heterocycles. The second-order valence-corrected chi connectivity index (χ2v) is 20.6. The fourth-order valence-corrected chi connectivity index (χ4v) is 14.9. The number of aromatic nitrogens is 2. The number of carbonyl (C=O) groups is 1. The minimum absolute atomic E-state index is 0.0177. The van der Waals surface area contributed by atoms with Crippen molar-refractivity contribution in [3.63, 3.8) is 0 Å². The highest BCUT2D eigenvalue weighted by atomic mass is 28.4. The normalized spacial score (nSPS) is 31.4. The number of carbonyl (C=O) groups excluding carboxylic acids is 1. The lowest BCUT2D eigenvalue weighted by Gasteiger charge is -2.57. The van der Waals surface area contributed by atoms with Crippen LogP contribution in [0.3, 0.4) is 0 Å². The van der Waals surface area contributed by atoms with Crippen molar-refractivity contribution in [3.05, 3.63) is 91.3 Å². The van der Waals surface area contributed by atoms with E-state index in [-0.39, 0.29) is 34.0 Å². The molecule has 3 fully saturated rings. The molecule has 6 heteroatoms. The van der Waals surface area contributed by atoms with Crippen LogP contribution in [0.15, 0.2) is 91.3 Å². The average Bonchev–Trinajstić information content (AvgIpc) is 3.67. The van der Waals surface area contributed by atoms with E-state index in [0.29, 0.717) is 17.8 Å². The van der Waals surface area contributed by atoms with Crippen LogP contribution in [0.2, 0.25) is 5.04 Å². The summed E-state index contributed by atoms with van der Waals surface area (Å²) in [6.07, 6.45) is 12.4. The topological polar surface area (TPSA) is 53.4 Å². The van der Waals surface area contributed by atoms with Gasteiger partial charge in [0, 0.05) is 43.8 Å². The summed E-state index contributed by atoms with van der Waals surface area (Å²) in [7, 11) is -2.70. The molecule has 0 radical (unpaired) electrons. The largest absolute Gasteiger partial charge is 0.462 e. The fourth-order valence-electron chi connectivity index (χ4n) is 10.1. The minimum atomic E-state index is -2.70. The van der Waals surface area contributed by atoms with Gasteiger partial charge in [-0.2, -0.15) is 5.10 Å². The minimum Gasteiger partial charge on any atom is -0.462 e. The molecule has 0 bridgehead atoms. The van der Waals surface area contributed by atoms with Crippen LogP contribution in [0.5, 0.6) is 0 Å². The summed E-state index contributed by atoms with van der Waals surface area (Å²) in [6.45, 7) is 19.0. The Balaban J connectivity index is 1.36. The molecule has 0 unspecified atom stereocenters. The van der Waals surface area contributed by atoms with Gasteiger partial charge in [0.1, 0.15) is 6.10 Å². The van der Waals surface area contributed by atoms with E-state index in [9.17, 15) is 4.79 Å². The van der Waals surface area contributed by atoms with Crippen molar-refractivity contribution in [1.29, 1.82) is 0 Å². The quantitative estimate of drug-likeness (QED) is 0.133. The molecule has 0 spiro atoms. The highest BCUT2D eigenvalue weighted by molar-refractivity contribution is 6.99. The molecule has 2 aromatic carbocycles. The number of hydrogen-bond acceptors (Lipinski definition) is 4. The second-order valence-electron chi connectivity index (χ2n) is 16.3. The van der Waals surface area contributed by atoms with Crippen LogP contribution < -0.4 is 10.4 Å². The SMILES string of the molecule is C=C1CC[C@@H]2[C@H](OC(C)=O)[C@H]([C@@]3(C)CC[C@H](O[Si](c4ccccc4)(c4ccccc4)C(C)(C)C)C[C@@H]3CCn3cccn3)CC[C@]12C. The van der Waals surface area contributed by atoms with Crippen LogP contribution in [0.1, 0.15) is 92.9 Å². The molecule has 0 saturated heterocycles. The van der Waals surface area contributed by atoms with Gasteiger partial charge in [0.15, 0.2) is 0 Å². The van der Waals surface area contributed by atoms with Gasteiger partial charge < -0.3 is 9.16 Å². The molecular formula is C41H56N2O3Si. The first-order chi connectivity index (χ1) is 22.4. The number of nitrogens with zero attached hydrogens (tertiary/aromatic N) is 2. The maximum absolute atomic E-state index is 12.7. The Morgan fingerprint density at radius 2 is 1.62 bits per heavy atom. The van der Waals surface area contributed by atoms with Gasteiger partial charge in [-0.15, -0.1) is 0 Å². The van der Waals surface area contributed by atoms with Crippen molar-refractivity contribution in [2.45, 2.75) is 117 Å². The molecule has 0 amide bonds. The molecule has 3 saturated carbocycles. The zero-order chi connectivity index (χ0) is 33.5. The van der Waals surface area contributed by atoms with Gasteiger partial charge in [-0.3, -0.25) is 9.48 Å². The lowest BCUT2D eigenvalue weighted by Crippen LogP contribution is -2.68. The fraction of sp³-hybridized carbons (Fsp3) is 0.561. The zero-order valence-corrected chi connectivity index (χ0v) is 30.6. The number of fused-ring (bicyclic) bond motifs is 1. The van der Waals surface area contributed by atoms with Gasteiger partial charge in [0.25, 0.3) is 8.32 Å². The van der Waals surface area contributed by atoms with E-state index in [1.54, 1.807) is 6.92 Å². The van der Waals surface area contributed by atoms with Crippen molar-refractivity contribution in [3.8, 4) is 0 Å². The van der Waals surface area contributed by atoms with Crippen LogP contribution in [-0.2, 0) is 20.5 Å². The van der Waals surface area contributed by atoms with E-state index < -0.39 is 8.32 Å². The van der Waals surface area contributed by atoms with Gasteiger partial charge in [-0.05, 0) is 89.6 Å². The molecule has 3 aliphatic rings. The molecule has 3 aliphatic carbocycles. The molecule has 252 valence electrons. The predicted octanol–water partition coefficient (Wildman–Crippen LogP) is 8.34. The number of esters is 1. The summed E-state index contributed by atoms with van der Waals surface area (Å²) in [5, 5.41) is 7.18. The maximum Gasteiger partial charge on any atom is 0.302 e. The van der Waals surface area contributed by atoms with Crippen LogP contribution in [0, 0.1) is 28.6 Å². The first-order valence-electron chi connectivity index (χ1n) is 18.0. The number of rotatable bonds is 9. The monoisotopic (exact) mass is 652 g/mol. The Bertz CT molecular complexity index is 1480. The van der Waals surface area contributed by atoms with Gasteiger partial charge in [-0.25, -0.2) is 0 Å². The summed E-state index contributed by atoms with van der Waals surface area (Å²) in [4.78, 5) is 12.7.